The fraction of sp³-hybridized carbons (Fsp3) is 0.800. The molecule has 5 heteroatoms. The first-order chi connectivity index (χ1) is 7.02. The fourth-order valence-electron chi connectivity index (χ4n) is 1.17. The Hall–Kier alpha value is -1.10. The molecule has 0 spiro atoms. The van der Waals surface area contributed by atoms with Crippen LogP contribution in [0.2, 0.25) is 0 Å². The van der Waals surface area contributed by atoms with Gasteiger partial charge >= 0.3 is 11.9 Å². The zero-order valence-corrected chi connectivity index (χ0v) is 9.07. The van der Waals surface area contributed by atoms with E-state index in [0.717, 1.165) is 19.3 Å². The van der Waals surface area contributed by atoms with Crippen LogP contribution in [0.15, 0.2) is 0 Å². The van der Waals surface area contributed by atoms with E-state index in [1.165, 1.54) is 0 Å². The SMILES string of the molecule is CC(N)OC(=O)CCCCCCC(=O)O. The summed E-state index contributed by atoms with van der Waals surface area (Å²) in [5, 5.41) is 8.37. The van der Waals surface area contributed by atoms with Gasteiger partial charge in [-0.3, -0.25) is 15.3 Å². The van der Waals surface area contributed by atoms with Crippen LogP contribution in [0.25, 0.3) is 0 Å². The highest BCUT2D eigenvalue weighted by atomic mass is 16.5. The average Bonchev–Trinajstić information content (AvgIpc) is 2.09. The van der Waals surface area contributed by atoms with Crippen LogP contribution < -0.4 is 5.73 Å². The summed E-state index contributed by atoms with van der Waals surface area (Å²) in [6.07, 6.45) is 3.07. The first-order valence-electron chi connectivity index (χ1n) is 5.19. The molecule has 0 aliphatic rings. The summed E-state index contributed by atoms with van der Waals surface area (Å²) in [6.45, 7) is 1.60. The van der Waals surface area contributed by atoms with Gasteiger partial charge in [0.05, 0.1) is 0 Å². The van der Waals surface area contributed by atoms with Gasteiger partial charge < -0.3 is 9.84 Å². The molecule has 15 heavy (non-hydrogen) atoms. The number of aliphatic carboxylic acids is 1. The number of carboxylic acid groups (broad SMARTS) is 1. The van der Waals surface area contributed by atoms with E-state index in [2.05, 4.69) is 0 Å². The third-order valence-electron chi connectivity index (χ3n) is 1.84. The summed E-state index contributed by atoms with van der Waals surface area (Å²) in [5.41, 5.74) is 5.27. The molecular weight excluding hydrogens is 198 g/mol. The van der Waals surface area contributed by atoms with Gasteiger partial charge in [-0.25, -0.2) is 0 Å². The summed E-state index contributed by atoms with van der Waals surface area (Å²) in [4.78, 5) is 21.2. The van der Waals surface area contributed by atoms with Crippen LogP contribution in [-0.2, 0) is 14.3 Å². The lowest BCUT2D eigenvalue weighted by Gasteiger charge is -2.07. The monoisotopic (exact) mass is 217 g/mol. The molecule has 3 N–H and O–H groups in total. The Kier molecular flexibility index (Phi) is 7.62. The van der Waals surface area contributed by atoms with Crippen molar-refractivity contribution in [3.63, 3.8) is 0 Å². The number of esters is 1. The topological polar surface area (TPSA) is 89.6 Å². The van der Waals surface area contributed by atoms with Gasteiger partial charge in [-0.1, -0.05) is 12.8 Å². The number of hydrogen-bond donors (Lipinski definition) is 2. The van der Waals surface area contributed by atoms with Gasteiger partial charge in [0.15, 0.2) is 0 Å². The van der Waals surface area contributed by atoms with E-state index in [-0.39, 0.29) is 12.4 Å². The Morgan fingerprint density at radius 3 is 2.20 bits per heavy atom. The third-order valence-corrected chi connectivity index (χ3v) is 1.84. The second kappa shape index (κ2) is 8.23. The molecule has 0 rings (SSSR count). The highest BCUT2D eigenvalue weighted by molar-refractivity contribution is 5.69. The average molecular weight is 217 g/mol. The smallest absolute Gasteiger partial charge is 0.307 e. The molecule has 0 fully saturated rings. The van der Waals surface area contributed by atoms with Gasteiger partial charge in [0.2, 0.25) is 0 Å². The quantitative estimate of drug-likeness (QED) is 0.363. The highest BCUT2D eigenvalue weighted by Gasteiger charge is 2.04. The van der Waals surface area contributed by atoms with Crippen LogP contribution in [0.5, 0.6) is 0 Å². The maximum Gasteiger partial charge on any atom is 0.307 e. The zero-order valence-electron chi connectivity index (χ0n) is 9.07. The first-order valence-corrected chi connectivity index (χ1v) is 5.19. The maximum absolute atomic E-state index is 11.0. The Labute approximate surface area is 89.6 Å². The van der Waals surface area contributed by atoms with Crippen molar-refractivity contribution in [3.8, 4) is 0 Å². The largest absolute Gasteiger partial charge is 0.481 e. The zero-order chi connectivity index (χ0) is 11.7. The lowest BCUT2D eigenvalue weighted by molar-refractivity contribution is -0.148. The van der Waals surface area contributed by atoms with Gasteiger partial charge in [0, 0.05) is 12.8 Å². The molecule has 5 nitrogen and oxygen atoms in total. The number of nitrogens with two attached hydrogens (primary N) is 1. The van der Waals surface area contributed by atoms with Crippen molar-refractivity contribution in [2.45, 2.75) is 51.7 Å². The van der Waals surface area contributed by atoms with Crippen molar-refractivity contribution in [1.82, 2.24) is 0 Å². The number of carboxylic acids is 1. The van der Waals surface area contributed by atoms with Crippen molar-refractivity contribution >= 4 is 11.9 Å². The second-order valence-electron chi connectivity index (χ2n) is 3.50. The van der Waals surface area contributed by atoms with Gasteiger partial charge in [-0.15, -0.1) is 0 Å². The van der Waals surface area contributed by atoms with E-state index in [4.69, 9.17) is 15.6 Å². The number of rotatable bonds is 8. The summed E-state index contributed by atoms with van der Waals surface area (Å²) in [7, 11) is 0. The van der Waals surface area contributed by atoms with Crippen LogP contribution in [0, 0.1) is 0 Å². The minimum Gasteiger partial charge on any atom is -0.481 e. The molecule has 0 aromatic heterocycles. The number of carbonyl (C=O) groups is 2. The highest BCUT2D eigenvalue weighted by Crippen LogP contribution is 2.06. The van der Waals surface area contributed by atoms with Gasteiger partial charge in [0.1, 0.15) is 6.23 Å². The molecule has 0 aliphatic carbocycles. The van der Waals surface area contributed by atoms with E-state index in [9.17, 15) is 9.59 Å². The minimum absolute atomic E-state index is 0.199. The predicted octanol–water partition coefficient (Wildman–Crippen LogP) is 1.26. The van der Waals surface area contributed by atoms with E-state index < -0.39 is 12.2 Å². The maximum atomic E-state index is 11.0. The van der Waals surface area contributed by atoms with Crippen LogP contribution >= 0.6 is 0 Å². The molecule has 0 saturated carbocycles. The Balaban J connectivity index is 3.24. The van der Waals surface area contributed by atoms with Crippen molar-refractivity contribution in [3.05, 3.63) is 0 Å². The van der Waals surface area contributed by atoms with Gasteiger partial charge in [-0.05, 0) is 19.8 Å². The summed E-state index contributed by atoms with van der Waals surface area (Å²) < 4.78 is 4.74. The normalized spacial score (nSPS) is 12.1. The molecule has 0 aliphatic heterocycles. The van der Waals surface area contributed by atoms with Crippen molar-refractivity contribution in [1.29, 1.82) is 0 Å². The Morgan fingerprint density at radius 1 is 1.20 bits per heavy atom. The Bertz CT molecular complexity index is 204. The molecule has 0 heterocycles. The van der Waals surface area contributed by atoms with Gasteiger partial charge in [-0.2, -0.15) is 0 Å². The van der Waals surface area contributed by atoms with E-state index >= 15 is 0 Å². The number of unbranched alkanes of at least 4 members (excludes halogenated alkanes) is 3. The van der Waals surface area contributed by atoms with E-state index in [1.807, 2.05) is 0 Å². The van der Waals surface area contributed by atoms with E-state index in [0.29, 0.717) is 12.8 Å². The molecular formula is C10H19NO4. The molecule has 0 amide bonds. The molecule has 88 valence electrons. The first kappa shape index (κ1) is 13.9. The standard InChI is InChI=1S/C10H19NO4/c1-8(11)15-10(14)7-5-3-2-4-6-9(12)13/h8H,2-7,11H2,1H3,(H,12,13). The Morgan fingerprint density at radius 2 is 1.73 bits per heavy atom. The number of ether oxygens (including phenoxy) is 1. The number of hydrogen-bond acceptors (Lipinski definition) is 4. The predicted molar refractivity (Wildman–Crippen MR) is 55.1 cm³/mol. The summed E-state index contributed by atoms with van der Waals surface area (Å²) >= 11 is 0. The molecule has 0 saturated heterocycles. The lowest BCUT2D eigenvalue weighted by Crippen LogP contribution is -2.23. The molecule has 0 aromatic rings. The fourth-order valence-corrected chi connectivity index (χ4v) is 1.17. The van der Waals surface area contributed by atoms with Crippen LogP contribution in [-0.4, -0.2) is 23.3 Å². The van der Waals surface area contributed by atoms with E-state index in [1.54, 1.807) is 6.92 Å². The third kappa shape index (κ3) is 10.8. The molecule has 0 bridgehead atoms. The minimum atomic E-state index is -0.772. The second-order valence-corrected chi connectivity index (χ2v) is 3.50. The molecule has 0 radical (unpaired) electrons. The molecule has 0 aromatic carbocycles. The van der Waals surface area contributed by atoms with Crippen LogP contribution in [0.4, 0.5) is 0 Å². The lowest BCUT2D eigenvalue weighted by atomic mass is 10.1. The van der Waals surface area contributed by atoms with Crippen molar-refractivity contribution < 1.29 is 19.4 Å². The van der Waals surface area contributed by atoms with Crippen LogP contribution in [0.3, 0.4) is 0 Å². The van der Waals surface area contributed by atoms with Gasteiger partial charge in [0.25, 0.3) is 0 Å². The van der Waals surface area contributed by atoms with Crippen molar-refractivity contribution in [2.75, 3.05) is 0 Å². The summed E-state index contributed by atoms with van der Waals surface area (Å²) in [5.74, 6) is -1.06. The molecule has 1 unspecified atom stereocenters. The molecule has 1 atom stereocenters. The van der Waals surface area contributed by atoms with Crippen LogP contribution in [0.1, 0.15) is 45.4 Å². The van der Waals surface area contributed by atoms with Crippen molar-refractivity contribution in [2.24, 2.45) is 5.73 Å². The summed E-state index contributed by atoms with van der Waals surface area (Å²) in [6, 6.07) is 0. The number of carbonyl (C=O) groups excluding carboxylic acids is 1.